The van der Waals surface area contributed by atoms with Gasteiger partial charge >= 0.3 is 6.03 Å². The third-order valence-corrected chi connectivity index (χ3v) is 6.42. The van der Waals surface area contributed by atoms with Gasteiger partial charge in [0.05, 0.1) is 4.47 Å². The molecule has 1 saturated heterocycles. The van der Waals surface area contributed by atoms with Crippen molar-refractivity contribution in [2.24, 2.45) is 11.1 Å². The lowest BCUT2D eigenvalue weighted by atomic mass is 9.91. The fourth-order valence-corrected chi connectivity index (χ4v) is 3.84. The molecule has 0 saturated carbocycles. The number of carbonyl (C=O) groups excluding carboxylic acids is 3. The quantitative estimate of drug-likeness (QED) is 0.267. The molecule has 0 bridgehead atoms. The third kappa shape index (κ3) is 7.38. The number of nitrogens with zero attached hydrogens (tertiary/aromatic N) is 3. The molecule has 5 N–H and O–H groups in total. The number of benzene rings is 1. The van der Waals surface area contributed by atoms with Crippen molar-refractivity contribution in [2.45, 2.75) is 39.5 Å². The molecular formula is C24H32BrN7O3. The number of primary amides is 1. The predicted octanol–water partition coefficient (Wildman–Crippen LogP) is 2.89. The molecule has 0 aliphatic carbocycles. The number of hydrogen-bond acceptors (Lipinski definition) is 6. The number of nitrogens with two attached hydrogens (primary N) is 1. The second kappa shape index (κ2) is 12.0. The molecule has 10 nitrogen and oxygen atoms in total. The van der Waals surface area contributed by atoms with Crippen LogP contribution in [0.2, 0.25) is 0 Å². The third-order valence-electron chi connectivity index (χ3n) is 5.84. The SMILES string of the molecule is CC(C)(C(N)=O)C(=O)NCCCNc1nc(Cc2cccc(NC(=O)N3CCCC3)c2)ncc1Br. The van der Waals surface area contributed by atoms with Crippen LogP contribution in [-0.2, 0) is 16.0 Å². The zero-order valence-electron chi connectivity index (χ0n) is 20.1. The lowest BCUT2D eigenvalue weighted by Gasteiger charge is -2.19. The smallest absolute Gasteiger partial charge is 0.321 e. The first kappa shape index (κ1) is 26.4. The minimum atomic E-state index is -1.24. The maximum atomic E-state index is 12.4. The van der Waals surface area contributed by atoms with E-state index in [1.807, 2.05) is 29.2 Å². The first-order valence-electron chi connectivity index (χ1n) is 11.6. The van der Waals surface area contributed by atoms with Crippen LogP contribution in [-0.4, -0.2) is 58.9 Å². The van der Waals surface area contributed by atoms with Gasteiger partial charge in [0.25, 0.3) is 0 Å². The van der Waals surface area contributed by atoms with Gasteiger partial charge in [0, 0.05) is 44.5 Å². The van der Waals surface area contributed by atoms with Gasteiger partial charge in [-0.3, -0.25) is 9.59 Å². The van der Waals surface area contributed by atoms with Gasteiger partial charge in [-0.1, -0.05) is 12.1 Å². The van der Waals surface area contributed by atoms with Crippen molar-refractivity contribution in [3.63, 3.8) is 0 Å². The van der Waals surface area contributed by atoms with Crippen LogP contribution in [0.1, 0.15) is 44.5 Å². The second-order valence-corrected chi connectivity index (χ2v) is 9.86. The lowest BCUT2D eigenvalue weighted by Crippen LogP contribution is -2.46. The summed E-state index contributed by atoms with van der Waals surface area (Å²) < 4.78 is 0.728. The average molecular weight is 546 g/mol. The molecule has 1 aromatic heterocycles. The van der Waals surface area contributed by atoms with Crippen molar-refractivity contribution in [3.8, 4) is 0 Å². The molecule has 188 valence electrons. The van der Waals surface area contributed by atoms with Gasteiger partial charge < -0.3 is 26.6 Å². The number of likely N-dealkylation sites (tertiary alicyclic amines) is 1. The number of carbonyl (C=O) groups is 3. The molecule has 2 aromatic rings. The predicted molar refractivity (Wildman–Crippen MR) is 138 cm³/mol. The standard InChI is InChI=1S/C24H32BrN7O3/c1-24(2,21(26)33)22(34)28-10-6-9-27-20-18(25)15-29-19(31-20)14-16-7-5-8-17(13-16)30-23(35)32-11-3-4-12-32/h5,7-8,13,15H,3-4,6,9-12,14H2,1-2H3,(H2,26,33)(H,28,34)(H,30,35)(H,27,29,31). The normalized spacial score (nSPS) is 13.4. The zero-order valence-corrected chi connectivity index (χ0v) is 21.7. The van der Waals surface area contributed by atoms with Gasteiger partial charge in [-0.05, 0) is 66.7 Å². The van der Waals surface area contributed by atoms with Crippen LogP contribution in [0.5, 0.6) is 0 Å². The molecular weight excluding hydrogens is 514 g/mol. The monoisotopic (exact) mass is 545 g/mol. The summed E-state index contributed by atoms with van der Waals surface area (Å²) in [5, 5.41) is 8.93. The van der Waals surface area contributed by atoms with E-state index in [2.05, 4.69) is 41.8 Å². The lowest BCUT2D eigenvalue weighted by molar-refractivity contribution is -0.139. The van der Waals surface area contributed by atoms with Crippen molar-refractivity contribution in [2.75, 3.05) is 36.8 Å². The molecule has 35 heavy (non-hydrogen) atoms. The molecule has 0 unspecified atom stereocenters. The Labute approximate surface area is 213 Å². The van der Waals surface area contributed by atoms with E-state index in [9.17, 15) is 14.4 Å². The van der Waals surface area contributed by atoms with Gasteiger partial charge in [-0.25, -0.2) is 14.8 Å². The number of nitrogens with one attached hydrogen (secondary N) is 3. The highest BCUT2D eigenvalue weighted by Gasteiger charge is 2.33. The number of aromatic nitrogens is 2. The summed E-state index contributed by atoms with van der Waals surface area (Å²) in [4.78, 5) is 46.6. The van der Waals surface area contributed by atoms with Crippen LogP contribution in [0.4, 0.5) is 16.3 Å². The zero-order chi connectivity index (χ0) is 25.4. The highest BCUT2D eigenvalue weighted by molar-refractivity contribution is 9.10. The van der Waals surface area contributed by atoms with Crippen LogP contribution < -0.4 is 21.7 Å². The number of anilines is 2. The average Bonchev–Trinajstić information content (AvgIpc) is 3.36. The molecule has 4 amide bonds. The van der Waals surface area contributed by atoms with E-state index < -0.39 is 17.2 Å². The summed E-state index contributed by atoms with van der Waals surface area (Å²) in [5.41, 5.74) is 5.75. The van der Waals surface area contributed by atoms with E-state index >= 15 is 0 Å². The Morgan fingerprint density at radius 1 is 1.17 bits per heavy atom. The Morgan fingerprint density at radius 2 is 1.91 bits per heavy atom. The number of rotatable bonds is 10. The molecule has 1 aliphatic rings. The Balaban J connectivity index is 1.51. The van der Waals surface area contributed by atoms with E-state index in [4.69, 9.17) is 5.73 Å². The Kier molecular flexibility index (Phi) is 9.02. The summed E-state index contributed by atoms with van der Waals surface area (Å²) in [6, 6.07) is 7.61. The second-order valence-electron chi connectivity index (χ2n) is 9.01. The molecule has 0 atom stereocenters. The maximum absolute atomic E-state index is 12.4. The highest BCUT2D eigenvalue weighted by Crippen LogP contribution is 2.21. The van der Waals surface area contributed by atoms with E-state index in [-0.39, 0.29) is 6.03 Å². The molecule has 2 heterocycles. The van der Waals surface area contributed by atoms with Crippen molar-refractivity contribution < 1.29 is 14.4 Å². The van der Waals surface area contributed by atoms with Gasteiger partial charge in [-0.2, -0.15) is 0 Å². The minimum absolute atomic E-state index is 0.0691. The summed E-state index contributed by atoms with van der Waals surface area (Å²) in [6.07, 6.45) is 4.93. The molecule has 3 rings (SSSR count). The minimum Gasteiger partial charge on any atom is -0.369 e. The van der Waals surface area contributed by atoms with Crippen molar-refractivity contribution in [3.05, 3.63) is 46.3 Å². The molecule has 11 heteroatoms. The molecule has 1 aromatic carbocycles. The topological polar surface area (TPSA) is 142 Å². The Bertz CT molecular complexity index is 1070. The maximum Gasteiger partial charge on any atom is 0.321 e. The van der Waals surface area contributed by atoms with Crippen molar-refractivity contribution >= 4 is 45.3 Å². The number of urea groups is 1. The van der Waals surface area contributed by atoms with E-state index in [1.165, 1.54) is 13.8 Å². The number of hydrogen-bond donors (Lipinski definition) is 4. The van der Waals surface area contributed by atoms with Crippen molar-refractivity contribution in [1.82, 2.24) is 20.2 Å². The Hall–Kier alpha value is -3.21. The van der Waals surface area contributed by atoms with Gasteiger partial charge in [0.15, 0.2) is 0 Å². The van der Waals surface area contributed by atoms with Crippen LogP contribution in [0, 0.1) is 5.41 Å². The van der Waals surface area contributed by atoms with E-state index in [0.29, 0.717) is 37.6 Å². The fraction of sp³-hybridized carbons (Fsp3) is 0.458. The highest BCUT2D eigenvalue weighted by atomic mass is 79.9. The van der Waals surface area contributed by atoms with Gasteiger partial charge in [-0.15, -0.1) is 0 Å². The molecule has 1 fully saturated rings. The van der Waals surface area contributed by atoms with Crippen molar-refractivity contribution in [1.29, 1.82) is 0 Å². The van der Waals surface area contributed by atoms with Crippen LogP contribution in [0.3, 0.4) is 0 Å². The van der Waals surface area contributed by atoms with Crippen LogP contribution in [0.25, 0.3) is 0 Å². The number of halogens is 1. The summed E-state index contributed by atoms with van der Waals surface area (Å²) >= 11 is 3.46. The largest absolute Gasteiger partial charge is 0.369 e. The summed E-state index contributed by atoms with van der Waals surface area (Å²) in [6.45, 7) is 5.55. The summed E-state index contributed by atoms with van der Waals surface area (Å²) in [7, 11) is 0. The van der Waals surface area contributed by atoms with Crippen LogP contribution in [0.15, 0.2) is 34.9 Å². The fourth-order valence-electron chi connectivity index (χ4n) is 3.51. The first-order valence-corrected chi connectivity index (χ1v) is 12.4. The number of amides is 4. The Morgan fingerprint density at radius 3 is 2.63 bits per heavy atom. The summed E-state index contributed by atoms with van der Waals surface area (Å²) in [5.74, 6) is 0.229. The molecule has 1 aliphatic heterocycles. The van der Waals surface area contributed by atoms with E-state index in [0.717, 1.165) is 41.7 Å². The van der Waals surface area contributed by atoms with Gasteiger partial charge in [0.2, 0.25) is 11.8 Å². The van der Waals surface area contributed by atoms with Crippen LogP contribution >= 0.6 is 15.9 Å². The molecule has 0 radical (unpaired) electrons. The van der Waals surface area contributed by atoms with Gasteiger partial charge in [0.1, 0.15) is 17.1 Å². The molecule has 0 spiro atoms. The first-order chi connectivity index (χ1) is 16.7. The van der Waals surface area contributed by atoms with E-state index in [1.54, 1.807) is 6.20 Å².